The van der Waals surface area contributed by atoms with Gasteiger partial charge in [-0.3, -0.25) is 4.79 Å². The summed E-state index contributed by atoms with van der Waals surface area (Å²) in [5.41, 5.74) is 2.66. The lowest BCUT2D eigenvalue weighted by Crippen LogP contribution is -2.38. The summed E-state index contributed by atoms with van der Waals surface area (Å²) >= 11 is 6.71. The lowest BCUT2D eigenvalue weighted by atomic mass is 9.94. The number of rotatable bonds is 4. The molecule has 0 aliphatic heterocycles. The Balaban J connectivity index is 1.72. The van der Waals surface area contributed by atoms with Gasteiger partial charge in [-0.2, -0.15) is 5.10 Å². The molecule has 0 atom stereocenters. The molecule has 0 unspecified atom stereocenters. The summed E-state index contributed by atoms with van der Waals surface area (Å²) < 4.78 is 6.97. The molecule has 0 spiro atoms. The van der Waals surface area contributed by atoms with Crippen LogP contribution in [0.2, 0.25) is 5.02 Å². The summed E-state index contributed by atoms with van der Waals surface area (Å²) in [6.07, 6.45) is 7.25. The van der Waals surface area contributed by atoms with E-state index in [9.17, 15) is 4.79 Å². The molecule has 4 rings (SSSR count). The predicted molar refractivity (Wildman–Crippen MR) is 114 cm³/mol. The number of hydrogen-bond acceptors (Lipinski definition) is 4. The molecule has 1 aromatic carbocycles. The van der Waals surface area contributed by atoms with E-state index in [4.69, 9.17) is 16.3 Å². The Kier molecular flexibility index (Phi) is 5.46. The molecule has 152 valence electrons. The Labute approximate surface area is 175 Å². The fraction of sp³-hybridized carbons (Fsp3) is 0.409. The number of amides is 1. The van der Waals surface area contributed by atoms with Crippen LogP contribution in [0.25, 0.3) is 16.7 Å². The summed E-state index contributed by atoms with van der Waals surface area (Å²) in [6.45, 7) is 1.88. The fourth-order valence-corrected chi connectivity index (χ4v) is 4.44. The summed E-state index contributed by atoms with van der Waals surface area (Å²) in [4.78, 5) is 19.5. The summed E-state index contributed by atoms with van der Waals surface area (Å²) in [6, 6.07) is 7.84. The first kappa shape index (κ1) is 19.7. The second kappa shape index (κ2) is 8.03. The van der Waals surface area contributed by atoms with Gasteiger partial charge in [0.15, 0.2) is 5.65 Å². The molecule has 0 N–H and O–H groups in total. The van der Waals surface area contributed by atoms with Crippen LogP contribution in [0.4, 0.5) is 0 Å². The van der Waals surface area contributed by atoms with Crippen molar-refractivity contribution >= 4 is 28.5 Å². The number of aromatic nitrogens is 3. The molecule has 1 amide bonds. The Hall–Kier alpha value is -2.60. The zero-order valence-electron chi connectivity index (χ0n) is 17.0. The highest BCUT2D eigenvalue weighted by Crippen LogP contribution is 2.32. The first-order chi connectivity index (χ1) is 14.0. The van der Waals surface area contributed by atoms with Gasteiger partial charge in [0.25, 0.3) is 5.91 Å². The Morgan fingerprint density at radius 1 is 1.21 bits per heavy atom. The Morgan fingerprint density at radius 2 is 1.90 bits per heavy atom. The molecule has 0 radical (unpaired) electrons. The number of aryl methyl sites for hydroxylation is 1. The molecular weight excluding hydrogens is 388 g/mol. The van der Waals surface area contributed by atoms with Gasteiger partial charge in [0.1, 0.15) is 5.75 Å². The maximum Gasteiger partial charge on any atom is 0.256 e. The van der Waals surface area contributed by atoms with Crippen LogP contribution in [0, 0.1) is 6.92 Å². The number of methoxy groups -OCH3 is 1. The summed E-state index contributed by atoms with van der Waals surface area (Å²) in [7, 11) is 3.50. The summed E-state index contributed by atoms with van der Waals surface area (Å²) in [5.74, 6) is 0.694. The second-order valence-electron chi connectivity index (χ2n) is 7.59. The molecule has 2 heterocycles. The monoisotopic (exact) mass is 412 g/mol. The zero-order valence-corrected chi connectivity index (χ0v) is 17.7. The number of halogens is 1. The number of hydrogen-bond donors (Lipinski definition) is 0. The first-order valence-corrected chi connectivity index (χ1v) is 10.3. The Bertz CT molecular complexity index is 1040. The SMILES string of the molecule is COc1ccc(-n2nc(C)c3c(Cl)c(C(=O)N(C)C4CCCCC4)cnc32)cc1. The zero-order chi connectivity index (χ0) is 20.5. The van der Waals surface area contributed by atoms with E-state index in [1.165, 1.54) is 19.3 Å². The van der Waals surface area contributed by atoms with Crippen molar-refractivity contribution < 1.29 is 9.53 Å². The van der Waals surface area contributed by atoms with Gasteiger partial charge in [0, 0.05) is 19.3 Å². The molecule has 0 bridgehead atoms. The van der Waals surface area contributed by atoms with Crippen LogP contribution in [-0.4, -0.2) is 45.8 Å². The van der Waals surface area contributed by atoms with E-state index in [1.54, 1.807) is 18.0 Å². The summed E-state index contributed by atoms with van der Waals surface area (Å²) in [5, 5.41) is 5.75. The van der Waals surface area contributed by atoms with Gasteiger partial charge in [-0.25, -0.2) is 9.67 Å². The van der Waals surface area contributed by atoms with Gasteiger partial charge < -0.3 is 9.64 Å². The van der Waals surface area contributed by atoms with Gasteiger partial charge in [-0.1, -0.05) is 30.9 Å². The van der Waals surface area contributed by atoms with Crippen molar-refractivity contribution in [3.05, 3.63) is 46.7 Å². The fourth-order valence-electron chi connectivity index (χ4n) is 4.09. The van der Waals surface area contributed by atoms with E-state index >= 15 is 0 Å². The van der Waals surface area contributed by atoms with E-state index in [0.717, 1.165) is 30.0 Å². The molecule has 29 heavy (non-hydrogen) atoms. The number of carbonyl (C=O) groups excluding carboxylic acids is 1. The standard InChI is InChI=1S/C22H25ClN4O2/c1-14-19-20(23)18(22(28)26(2)15-7-5-4-6-8-15)13-24-21(19)27(25-14)16-9-11-17(29-3)12-10-16/h9-13,15H,4-8H2,1-3H3. The van der Waals surface area contributed by atoms with Gasteiger partial charge >= 0.3 is 0 Å². The molecule has 1 aliphatic rings. The van der Waals surface area contributed by atoms with Crippen molar-refractivity contribution in [3.8, 4) is 11.4 Å². The normalized spacial score (nSPS) is 14.9. The minimum absolute atomic E-state index is 0.0760. The van der Waals surface area contributed by atoms with Crippen molar-refractivity contribution in [1.82, 2.24) is 19.7 Å². The van der Waals surface area contributed by atoms with Crippen LogP contribution < -0.4 is 4.74 Å². The van der Waals surface area contributed by atoms with E-state index in [1.807, 2.05) is 43.1 Å². The third-order valence-corrected chi connectivity index (χ3v) is 6.19. The van der Waals surface area contributed by atoms with Gasteiger partial charge in [0.05, 0.1) is 34.5 Å². The molecule has 7 heteroatoms. The molecule has 3 aromatic rings. The van der Waals surface area contributed by atoms with Crippen molar-refractivity contribution in [2.45, 2.75) is 45.1 Å². The lowest BCUT2D eigenvalue weighted by Gasteiger charge is -2.31. The topological polar surface area (TPSA) is 60.3 Å². The van der Waals surface area contributed by atoms with E-state index in [0.29, 0.717) is 21.6 Å². The van der Waals surface area contributed by atoms with Crippen molar-refractivity contribution in [1.29, 1.82) is 0 Å². The highest BCUT2D eigenvalue weighted by atomic mass is 35.5. The number of fused-ring (bicyclic) bond motifs is 1. The first-order valence-electron chi connectivity index (χ1n) is 9.96. The maximum absolute atomic E-state index is 13.1. The van der Waals surface area contributed by atoms with Crippen LogP contribution in [0.1, 0.15) is 48.2 Å². The van der Waals surface area contributed by atoms with Crippen LogP contribution >= 0.6 is 11.6 Å². The van der Waals surface area contributed by atoms with Crippen LogP contribution in [0.15, 0.2) is 30.5 Å². The molecule has 2 aromatic heterocycles. The average molecular weight is 413 g/mol. The van der Waals surface area contributed by atoms with Crippen molar-refractivity contribution in [3.63, 3.8) is 0 Å². The lowest BCUT2D eigenvalue weighted by molar-refractivity contribution is 0.0696. The van der Waals surface area contributed by atoms with Gasteiger partial charge in [-0.15, -0.1) is 0 Å². The van der Waals surface area contributed by atoms with E-state index in [-0.39, 0.29) is 11.9 Å². The molecule has 1 saturated carbocycles. The Morgan fingerprint density at radius 3 is 2.55 bits per heavy atom. The number of benzene rings is 1. The van der Waals surface area contributed by atoms with Crippen molar-refractivity contribution in [2.24, 2.45) is 0 Å². The van der Waals surface area contributed by atoms with E-state index < -0.39 is 0 Å². The molecule has 1 fully saturated rings. The smallest absolute Gasteiger partial charge is 0.256 e. The van der Waals surface area contributed by atoms with Crippen molar-refractivity contribution in [2.75, 3.05) is 14.2 Å². The highest BCUT2D eigenvalue weighted by Gasteiger charge is 2.26. The maximum atomic E-state index is 13.1. The van der Waals surface area contributed by atoms with Gasteiger partial charge in [-0.05, 0) is 44.0 Å². The molecule has 1 aliphatic carbocycles. The minimum Gasteiger partial charge on any atom is -0.497 e. The third-order valence-electron chi connectivity index (χ3n) is 5.80. The number of ether oxygens (including phenoxy) is 1. The number of carbonyl (C=O) groups is 1. The van der Waals surface area contributed by atoms with Crippen LogP contribution in [-0.2, 0) is 0 Å². The van der Waals surface area contributed by atoms with Crippen LogP contribution in [0.3, 0.4) is 0 Å². The van der Waals surface area contributed by atoms with Gasteiger partial charge in [0.2, 0.25) is 0 Å². The number of pyridine rings is 1. The molecule has 6 nitrogen and oxygen atoms in total. The predicted octanol–water partition coefficient (Wildman–Crippen LogP) is 4.80. The highest BCUT2D eigenvalue weighted by molar-refractivity contribution is 6.38. The quantitative estimate of drug-likeness (QED) is 0.617. The molecular formula is C22H25ClN4O2. The van der Waals surface area contributed by atoms with Crippen LogP contribution in [0.5, 0.6) is 5.75 Å². The second-order valence-corrected chi connectivity index (χ2v) is 7.97. The third kappa shape index (κ3) is 3.57. The van der Waals surface area contributed by atoms with E-state index in [2.05, 4.69) is 10.1 Å². The minimum atomic E-state index is -0.0760. The molecule has 0 saturated heterocycles. The average Bonchev–Trinajstić information content (AvgIpc) is 3.11. The number of nitrogens with zero attached hydrogens (tertiary/aromatic N) is 4. The largest absolute Gasteiger partial charge is 0.497 e.